The number of nitrogens with zero attached hydrogens (tertiary/aromatic N) is 1. The third kappa shape index (κ3) is 5.61. The fourth-order valence-corrected chi connectivity index (χ4v) is 3.16. The van der Waals surface area contributed by atoms with E-state index in [-0.39, 0.29) is 29.8 Å². The molecule has 3 rings (SSSR count). The van der Waals surface area contributed by atoms with Crippen molar-refractivity contribution >= 4 is 17.4 Å². The van der Waals surface area contributed by atoms with E-state index in [1.807, 2.05) is 75.4 Å². The van der Waals surface area contributed by atoms with Gasteiger partial charge < -0.3 is 10.6 Å². The summed E-state index contributed by atoms with van der Waals surface area (Å²) in [6, 6.07) is 19.7. The lowest BCUT2D eigenvalue weighted by Crippen LogP contribution is -2.28. The molecule has 0 spiro atoms. The molecule has 0 aliphatic rings. The third-order valence-corrected chi connectivity index (χ3v) is 4.72. The lowest BCUT2D eigenvalue weighted by atomic mass is 10.0. The van der Waals surface area contributed by atoms with Gasteiger partial charge in [0.1, 0.15) is 5.69 Å². The summed E-state index contributed by atoms with van der Waals surface area (Å²) >= 11 is 0. The molecule has 5 heteroatoms. The Morgan fingerprint density at radius 1 is 0.967 bits per heavy atom. The molecule has 0 bridgehead atoms. The van der Waals surface area contributed by atoms with Crippen molar-refractivity contribution in [2.24, 2.45) is 5.92 Å². The number of ketones is 1. The lowest BCUT2D eigenvalue weighted by Gasteiger charge is -2.14. The van der Waals surface area contributed by atoms with Crippen LogP contribution in [0.25, 0.3) is 11.1 Å². The van der Waals surface area contributed by atoms with Crippen molar-refractivity contribution in [2.45, 2.75) is 27.3 Å². The van der Waals surface area contributed by atoms with E-state index >= 15 is 0 Å². The predicted octanol–water partition coefficient (Wildman–Crippen LogP) is 4.62. The third-order valence-electron chi connectivity index (χ3n) is 4.72. The average molecular weight is 402 g/mol. The molecule has 154 valence electrons. The summed E-state index contributed by atoms with van der Waals surface area (Å²) < 4.78 is 0. The first kappa shape index (κ1) is 21.4. The Morgan fingerprint density at radius 2 is 1.73 bits per heavy atom. The van der Waals surface area contributed by atoms with Crippen LogP contribution in [-0.2, 0) is 11.3 Å². The van der Waals surface area contributed by atoms with Gasteiger partial charge in [-0.2, -0.15) is 0 Å². The monoisotopic (exact) mass is 401 g/mol. The number of hydrogen-bond donors (Lipinski definition) is 2. The first-order valence-electron chi connectivity index (χ1n) is 10.1. The van der Waals surface area contributed by atoms with E-state index in [2.05, 4.69) is 21.7 Å². The summed E-state index contributed by atoms with van der Waals surface area (Å²) in [5, 5.41) is 6.02. The van der Waals surface area contributed by atoms with Crippen molar-refractivity contribution < 1.29 is 9.59 Å². The van der Waals surface area contributed by atoms with Crippen LogP contribution in [0.5, 0.6) is 0 Å². The van der Waals surface area contributed by atoms with Gasteiger partial charge in [-0.1, -0.05) is 74.0 Å². The number of pyridine rings is 1. The SMILES string of the molecule is Cc1cccc(CNCC(=O)Nc2cc(-c3ccccc3)cnc2C(=O)C(C)C)c1. The smallest absolute Gasteiger partial charge is 0.238 e. The van der Waals surface area contributed by atoms with Gasteiger partial charge in [0, 0.05) is 24.2 Å². The molecule has 0 aliphatic heterocycles. The maximum atomic E-state index is 12.6. The summed E-state index contributed by atoms with van der Waals surface area (Å²) in [5.41, 5.74) is 4.85. The molecule has 0 fully saturated rings. The standard InChI is InChI=1S/C25H27N3O2/c1-17(2)25(30)24-22(13-21(15-27-24)20-10-5-4-6-11-20)28-23(29)16-26-14-19-9-7-8-18(3)12-19/h4-13,15,17,26H,14,16H2,1-3H3,(H,28,29). The van der Waals surface area contributed by atoms with Crippen molar-refractivity contribution in [1.29, 1.82) is 0 Å². The Morgan fingerprint density at radius 3 is 2.43 bits per heavy atom. The van der Waals surface area contributed by atoms with Crippen LogP contribution in [0.1, 0.15) is 35.5 Å². The van der Waals surface area contributed by atoms with Gasteiger partial charge in [-0.15, -0.1) is 0 Å². The van der Waals surface area contributed by atoms with Gasteiger partial charge in [-0.25, -0.2) is 0 Å². The lowest BCUT2D eigenvalue weighted by molar-refractivity contribution is -0.115. The van der Waals surface area contributed by atoms with Gasteiger partial charge in [-0.05, 0) is 24.1 Å². The molecule has 1 amide bonds. The number of carbonyl (C=O) groups is 2. The van der Waals surface area contributed by atoms with Gasteiger partial charge in [0.15, 0.2) is 5.78 Å². The summed E-state index contributed by atoms with van der Waals surface area (Å²) in [6.07, 6.45) is 1.68. The summed E-state index contributed by atoms with van der Waals surface area (Å²) in [6.45, 7) is 6.42. The molecule has 0 atom stereocenters. The maximum Gasteiger partial charge on any atom is 0.238 e. The van der Waals surface area contributed by atoms with Crippen molar-refractivity contribution in [3.05, 3.63) is 83.7 Å². The highest BCUT2D eigenvalue weighted by Gasteiger charge is 2.19. The van der Waals surface area contributed by atoms with Gasteiger partial charge in [0.2, 0.25) is 5.91 Å². The minimum Gasteiger partial charge on any atom is -0.323 e. The van der Waals surface area contributed by atoms with E-state index in [1.54, 1.807) is 6.20 Å². The van der Waals surface area contributed by atoms with Gasteiger partial charge >= 0.3 is 0 Å². The summed E-state index contributed by atoms with van der Waals surface area (Å²) in [5.74, 6) is -0.528. The number of benzene rings is 2. The highest BCUT2D eigenvalue weighted by molar-refractivity contribution is 6.05. The van der Waals surface area contributed by atoms with Crippen LogP contribution < -0.4 is 10.6 Å². The number of carbonyl (C=O) groups excluding carboxylic acids is 2. The number of amides is 1. The topological polar surface area (TPSA) is 71.1 Å². The van der Waals surface area contributed by atoms with Gasteiger partial charge in [0.25, 0.3) is 0 Å². The molecule has 1 heterocycles. The maximum absolute atomic E-state index is 12.6. The number of Topliss-reactive ketones (excluding diaryl/α,β-unsaturated/α-hetero) is 1. The van der Waals surface area contributed by atoms with E-state index in [0.717, 1.165) is 16.7 Å². The second-order valence-corrected chi connectivity index (χ2v) is 7.65. The first-order valence-corrected chi connectivity index (χ1v) is 10.1. The molecule has 0 radical (unpaired) electrons. The highest BCUT2D eigenvalue weighted by Crippen LogP contribution is 2.25. The van der Waals surface area contributed by atoms with Gasteiger partial charge in [0.05, 0.1) is 12.2 Å². The molecule has 30 heavy (non-hydrogen) atoms. The molecule has 0 saturated heterocycles. The van der Waals surface area contributed by atoms with Crippen LogP contribution in [0.2, 0.25) is 0 Å². The largest absolute Gasteiger partial charge is 0.323 e. The summed E-state index contributed by atoms with van der Waals surface area (Å²) in [7, 11) is 0. The number of aryl methyl sites for hydroxylation is 1. The van der Waals surface area contributed by atoms with Crippen molar-refractivity contribution in [2.75, 3.05) is 11.9 Å². The Balaban J connectivity index is 1.74. The number of aromatic nitrogens is 1. The number of anilines is 1. The number of hydrogen-bond acceptors (Lipinski definition) is 4. The van der Waals surface area contributed by atoms with E-state index < -0.39 is 0 Å². The molecule has 0 saturated carbocycles. The van der Waals surface area contributed by atoms with Gasteiger partial charge in [-0.3, -0.25) is 14.6 Å². The Kier molecular flexibility index (Phi) is 7.09. The predicted molar refractivity (Wildman–Crippen MR) is 120 cm³/mol. The average Bonchev–Trinajstić information content (AvgIpc) is 2.74. The van der Waals surface area contributed by atoms with E-state index in [1.165, 1.54) is 5.56 Å². The molecule has 2 N–H and O–H groups in total. The van der Waals surface area contributed by atoms with Crippen LogP contribution in [0, 0.1) is 12.8 Å². The van der Waals surface area contributed by atoms with Crippen LogP contribution >= 0.6 is 0 Å². The zero-order chi connectivity index (χ0) is 21.5. The molecule has 3 aromatic rings. The Labute approximate surface area is 177 Å². The normalized spacial score (nSPS) is 10.8. The van der Waals surface area contributed by atoms with Crippen molar-refractivity contribution in [3.63, 3.8) is 0 Å². The van der Waals surface area contributed by atoms with Crippen LogP contribution in [-0.4, -0.2) is 23.2 Å². The van der Waals surface area contributed by atoms with Crippen LogP contribution in [0.4, 0.5) is 5.69 Å². The van der Waals surface area contributed by atoms with Crippen molar-refractivity contribution in [1.82, 2.24) is 10.3 Å². The minimum atomic E-state index is -0.215. The van der Waals surface area contributed by atoms with Crippen LogP contribution in [0.3, 0.4) is 0 Å². The minimum absolute atomic E-state index is 0.0994. The molecule has 5 nitrogen and oxygen atoms in total. The molecular formula is C25H27N3O2. The molecular weight excluding hydrogens is 374 g/mol. The fraction of sp³-hybridized carbons (Fsp3) is 0.240. The molecule has 0 aliphatic carbocycles. The van der Waals surface area contributed by atoms with Crippen LogP contribution in [0.15, 0.2) is 66.9 Å². The van der Waals surface area contributed by atoms with Crippen molar-refractivity contribution in [3.8, 4) is 11.1 Å². The zero-order valence-electron chi connectivity index (χ0n) is 17.6. The second-order valence-electron chi connectivity index (χ2n) is 7.65. The highest BCUT2D eigenvalue weighted by atomic mass is 16.2. The molecule has 2 aromatic carbocycles. The van der Waals surface area contributed by atoms with E-state index in [9.17, 15) is 9.59 Å². The quantitative estimate of drug-likeness (QED) is 0.540. The second kappa shape index (κ2) is 9.94. The Bertz CT molecular complexity index is 1030. The number of rotatable bonds is 8. The zero-order valence-corrected chi connectivity index (χ0v) is 17.6. The van der Waals surface area contributed by atoms with E-state index in [4.69, 9.17) is 0 Å². The van der Waals surface area contributed by atoms with E-state index in [0.29, 0.717) is 12.2 Å². The molecule has 0 unspecified atom stereocenters. The fourth-order valence-electron chi connectivity index (χ4n) is 3.16. The first-order chi connectivity index (χ1) is 14.4. The number of nitrogens with one attached hydrogen (secondary N) is 2. The summed E-state index contributed by atoms with van der Waals surface area (Å²) in [4.78, 5) is 29.5. The Hall–Kier alpha value is -3.31. The molecule has 1 aromatic heterocycles.